The van der Waals surface area contributed by atoms with Crippen molar-refractivity contribution in [2.45, 2.75) is 64.6 Å². The number of fused-ring (bicyclic) bond motifs is 2. The zero-order valence-electron chi connectivity index (χ0n) is 10.5. The molecule has 1 N–H and O–H groups in total. The Balaban J connectivity index is 2.00. The molecule has 2 heterocycles. The third-order valence-corrected chi connectivity index (χ3v) is 4.66. The van der Waals surface area contributed by atoms with E-state index in [4.69, 9.17) is 9.84 Å². The van der Waals surface area contributed by atoms with Crippen molar-refractivity contribution in [2.75, 3.05) is 0 Å². The minimum atomic E-state index is -0.688. The fourth-order valence-corrected chi connectivity index (χ4v) is 3.79. The fourth-order valence-electron chi connectivity index (χ4n) is 3.79. The molecule has 3 atom stereocenters. The molecule has 0 unspecified atom stereocenters. The third kappa shape index (κ3) is 1.75. The van der Waals surface area contributed by atoms with Gasteiger partial charge in [-0.1, -0.05) is 13.8 Å². The summed E-state index contributed by atoms with van der Waals surface area (Å²) in [5.74, 6) is -0.176. The Morgan fingerprint density at radius 1 is 1.44 bits per heavy atom. The monoisotopic (exact) mass is 226 g/mol. The number of carboxylic acid groups (broad SMARTS) is 1. The first-order valence-corrected chi connectivity index (χ1v) is 6.26. The first kappa shape index (κ1) is 11.9. The van der Waals surface area contributed by atoms with Gasteiger partial charge in [-0.2, -0.15) is 0 Å². The van der Waals surface area contributed by atoms with Crippen molar-refractivity contribution in [1.82, 2.24) is 0 Å². The average molecular weight is 226 g/mol. The highest BCUT2D eigenvalue weighted by molar-refractivity contribution is 5.66. The summed E-state index contributed by atoms with van der Waals surface area (Å²) in [5.41, 5.74) is 0.220. The van der Waals surface area contributed by atoms with Crippen LogP contribution in [0.25, 0.3) is 0 Å². The first-order chi connectivity index (χ1) is 7.36. The van der Waals surface area contributed by atoms with Crippen LogP contribution in [0.15, 0.2) is 0 Å². The van der Waals surface area contributed by atoms with Crippen LogP contribution in [0.1, 0.15) is 52.9 Å². The van der Waals surface area contributed by atoms with E-state index in [2.05, 4.69) is 20.8 Å². The SMILES string of the molecule is CC1(C)[C@@H]2CC[C@@](C)(O2)[C@H]1CCCC(=O)O. The molecule has 0 amide bonds. The molecule has 0 saturated carbocycles. The maximum atomic E-state index is 10.5. The highest BCUT2D eigenvalue weighted by Gasteiger charge is 2.60. The average Bonchev–Trinajstić information content (AvgIpc) is 2.62. The number of rotatable bonds is 4. The molecule has 2 fully saturated rings. The summed E-state index contributed by atoms with van der Waals surface area (Å²) in [4.78, 5) is 10.5. The van der Waals surface area contributed by atoms with Crippen molar-refractivity contribution in [3.63, 3.8) is 0 Å². The van der Waals surface area contributed by atoms with Crippen LogP contribution in [0.2, 0.25) is 0 Å². The fraction of sp³-hybridized carbons (Fsp3) is 0.923. The predicted molar refractivity (Wildman–Crippen MR) is 61.3 cm³/mol. The summed E-state index contributed by atoms with van der Waals surface area (Å²) in [7, 11) is 0. The van der Waals surface area contributed by atoms with Crippen molar-refractivity contribution < 1.29 is 14.6 Å². The van der Waals surface area contributed by atoms with Crippen LogP contribution in [0.4, 0.5) is 0 Å². The Morgan fingerprint density at radius 2 is 2.12 bits per heavy atom. The number of ether oxygens (including phenoxy) is 1. The molecule has 2 aliphatic heterocycles. The largest absolute Gasteiger partial charge is 0.481 e. The Bertz CT molecular complexity index is 293. The molecule has 0 aliphatic carbocycles. The molecular weight excluding hydrogens is 204 g/mol. The van der Waals surface area contributed by atoms with E-state index >= 15 is 0 Å². The molecule has 0 aromatic rings. The van der Waals surface area contributed by atoms with Crippen LogP contribution in [0.5, 0.6) is 0 Å². The van der Waals surface area contributed by atoms with E-state index < -0.39 is 5.97 Å². The van der Waals surface area contributed by atoms with Crippen LogP contribution in [-0.2, 0) is 9.53 Å². The van der Waals surface area contributed by atoms with Crippen LogP contribution in [0, 0.1) is 11.3 Å². The van der Waals surface area contributed by atoms with Gasteiger partial charge >= 0.3 is 5.97 Å². The van der Waals surface area contributed by atoms with Gasteiger partial charge < -0.3 is 9.84 Å². The van der Waals surface area contributed by atoms with Gasteiger partial charge in [-0.3, -0.25) is 4.79 Å². The molecule has 2 bridgehead atoms. The molecule has 16 heavy (non-hydrogen) atoms. The third-order valence-electron chi connectivity index (χ3n) is 4.66. The van der Waals surface area contributed by atoms with Crippen molar-refractivity contribution >= 4 is 5.97 Å². The molecule has 0 aromatic heterocycles. The second kappa shape index (κ2) is 3.73. The lowest BCUT2D eigenvalue weighted by Crippen LogP contribution is -2.40. The maximum Gasteiger partial charge on any atom is 0.303 e. The number of hydrogen-bond donors (Lipinski definition) is 1. The van der Waals surface area contributed by atoms with E-state index in [-0.39, 0.29) is 17.4 Å². The second-order valence-electron chi connectivity index (χ2n) is 6.12. The molecule has 0 spiro atoms. The Kier molecular flexibility index (Phi) is 2.77. The van der Waals surface area contributed by atoms with Gasteiger partial charge in [0.1, 0.15) is 0 Å². The molecule has 2 rings (SSSR count). The van der Waals surface area contributed by atoms with Gasteiger partial charge in [0.2, 0.25) is 0 Å². The van der Waals surface area contributed by atoms with Crippen LogP contribution in [0.3, 0.4) is 0 Å². The van der Waals surface area contributed by atoms with Gasteiger partial charge in [0.05, 0.1) is 11.7 Å². The van der Waals surface area contributed by atoms with Crippen molar-refractivity contribution in [2.24, 2.45) is 11.3 Å². The molecule has 2 aliphatic rings. The van der Waals surface area contributed by atoms with Gasteiger partial charge in [0.15, 0.2) is 0 Å². The standard InChI is InChI=1S/C13H22O3/c1-12(2)9(5-4-6-11(14)15)13(3)8-7-10(12)16-13/h9-10H,4-8H2,1-3H3,(H,14,15)/t9-,10-,13+/m0/s1. The lowest BCUT2D eigenvalue weighted by atomic mass is 9.62. The van der Waals surface area contributed by atoms with E-state index in [1.807, 2.05) is 0 Å². The van der Waals surface area contributed by atoms with E-state index in [9.17, 15) is 4.79 Å². The van der Waals surface area contributed by atoms with Crippen molar-refractivity contribution in [3.8, 4) is 0 Å². The zero-order chi connectivity index (χ0) is 12.0. The molecule has 0 aromatic carbocycles. The van der Waals surface area contributed by atoms with Crippen LogP contribution < -0.4 is 0 Å². The molecule has 92 valence electrons. The minimum absolute atomic E-state index is 0.00662. The number of carbonyl (C=O) groups is 1. The van der Waals surface area contributed by atoms with E-state index in [1.54, 1.807) is 0 Å². The summed E-state index contributed by atoms with van der Waals surface area (Å²) in [5, 5.41) is 8.68. The van der Waals surface area contributed by atoms with E-state index in [1.165, 1.54) is 6.42 Å². The van der Waals surface area contributed by atoms with E-state index in [0.717, 1.165) is 19.3 Å². The summed E-state index contributed by atoms with van der Waals surface area (Å²) >= 11 is 0. The summed E-state index contributed by atoms with van der Waals surface area (Å²) in [6.45, 7) is 6.74. The van der Waals surface area contributed by atoms with Gasteiger partial charge in [0.25, 0.3) is 0 Å². The van der Waals surface area contributed by atoms with Crippen molar-refractivity contribution in [1.29, 1.82) is 0 Å². The Labute approximate surface area is 97.2 Å². The molecule has 2 saturated heterocycles. The lowest BCUT2D eigenvalue weighted by Gasteiger charge is -2.39. The normalized spacial score (nSPS) is 40.2. The minimum Gasteiger partial charge on any atom is -0.481 e. The molecule has 3 heteroatoms. The second-order valence-corrected chi connectivity index (χ2v) is 6.12. The molecule has 0 radical (unpaired) electrons. The smallest absolute Gasteiger partial charge is 0.303 e. The number of carboxylic acids is 1. The summed E-state index contributed by atoms with van der Waals surface area (Å²) in [6.07, 6.45) is 4.72. The van der Waals surface area contributed by atoms with Gasteiger partial charge in [0, 0.05) is 6.42 Å². The van der Waals surface area contributed by atoms with E-state index in [0.29, 0.717) is 12.0 Å². The van der Waals surface area contributed by atoms with Crippen LogP contribution in [-0.4, -0.2) is 22.8 Å². The highest BCUT2D eigenvalue weighted by Crippen LogP contribution is 2.59. The zero-order valence-corrected chi connectivity index (χ0v) is 10.5. The summed E-state index contributed by atoms with van der Waals surface area (Å²) < 4.78 is 6.10. The molecule has 3 nitrogen and oxygen atoms in total. The quantitative estimate of drug-likeness (QED) is 0.801. The summed E-state index contributed by atoms with van der Waals surface area (Å²) in [6, 6.07) is 0. The maximum absolute atomic E-state index is 10.5. The van der Waals surface area contributed by atoms with Gasteiger partial charge in [-0.15, -0.1) is 0 Å². The van der Waals surface area contributed by atoms with Gasteiger partial charge in [-0.05, 0) is 43.9 Å². The lowest BCUT2D eigenvalue weighted by molar-refractivity contribution is -0.137. The number of aliphatic carboxylic acids is 1. The first-order valence-electron chi connectivity index (χ1n) is 6.26. The van der Waals surface area contributed by atoms with Crippen molar-refractivity contribution in [3.05, 3.63) is 0 Å². The predicted octanol–water partition coefficient (Wildman–Crippen LogP) is 2.84. The topological polar surface area (TPSA) is 46.5 Å². The molecular formula is C13H22O3. The Hall–Kier alpha value is -0.570. The Morgan fingerprint density at radius 3 is 2.62 bits per heavy atom. The van der Waals surface area contributed by atoms with Crippen LogP contribution >= 0.6 is 0 Å². The number of hydrogen-bond acceptors (Lipinski definition) is 2. The highest BCUT2D eigenvalue weighted by atomic mass is 16.5. The van der Waals surface area contributed by atoms with Gasteiger partial charge in [-0.25, -0.2) is 0 Å².